The molecule has 1 aliphatic rings. The summed E-state index contributed by atoms with van der Waals surface area (Å²) in [5.74, 6) is -0.154. The van der Waals surface area contributed by atoms with E-state index in [4.69, 9.17) is 0 Å². The molecule has 5 nitrogen and oxygen atoms in total. The van der Waals surface area contributed by atoms with Crippen molar-refractivity contribution in [2.45, 2.75) is 12.5 Å². The van der Waals surface area contributed by atoms with Gasteiger partial charge in [0.15, 0.2) is 0 Å². The van der Waals surface area contributed by atoms with E-state index >= 15 is 0 Å². The smallest absolute Gasteiger partial charge is 0.267 e. The molecule has 26 heavy (non-hydrogen) atoms. The Morgan fingerprint density at radius 1 is 1.00 bits per heavy atom. The summed E-state index contributed by atoms with van der Waals surface area (Å²) in [6.07, 6.45) is 5.56. The summed E-state index contributed by atoms with van der Waals surface area (Å²) in [6.45, 7) is 0. The van der Waals surface area contributed by atoms with Crippen molar-refractivity contribution in [3.8, 4) is 0 Å². The first-order chi connectivity index (χ1) is 12.7. The number of pyridine rings is 2. The van der Waals surface area contributed by atoms with Crippen molar-refractivity contribution in [1.29, 1.82) is 0 Å². The number of nitrogens with zero attached hydrogens (tertiary/aromatic N) is 4. The number of benzene rings is 1. The lowest BCUT2D eigenvalue weighted by molar-refractivity contribution is 0.0710. The van der Waals surface area contributed by atoms with Gasteiger partial charge in [-0.3, -0.25) is 14.8 Å². The Labute approximate surface area is 159 Å². The number of carbonyl (C=O) groups excluding carboxylic acids is 1. The van der Waals surface area contributed by atoms with Crippen molar-refractivity contribution in [1.82, 2.24) is 15.0 Å². The van der Waals surface area contributed by atoms with Gasteiger partial charge in [-0.2, -0.15) is 5.10 Å². The fraction of sp³-hybridized carbons (Fsp3) is 0.100. The third-order valence-electron chi connectivity index (χ3n) is 4.27. The van der Waals surface area contributed by atoms with E-state index in [0.29, 0.717) is 12.0 Å². The summed E-state index contributed by atoms with van der Waals surface area (Å²) in [5, 5.41) is 6.19. The van der Waals surface area contributed by atoms with E-state index in [1.165, 1.54) is 0 Å². The maximum atomic E-state index is 13.1. The first-order valence-corrected chi connectivity index (χ1v) is 9.00. The van der Waals surface area contributed by atoms with Gasteiger partial charge in [0.25, 0.3) is 5.91 Å². The van der Waals surface area contributed by atoms with Crippen molar-refractivity contribution in [3.63, 3.8) is 0 Å². The molecule has 0 N–H and O–H groups in total. The van der Waals surface area contributed by atoms with Crippen LogP contribution < -0.4 is 0 Å². The Morgan fingerprint density at radius 2 is 1.77 bits per heavy atom. The van der Waals surface area contributed by atoms with Gasteiger partial charge in [0, 0.05) is 35.0 Å². The minimum atomic E-state index is -0.191. The number of hydrazone groups is 1. The molecule has 2 aromatic heterocycles. The van der Waals surface area contributed by atoms with Gasteiger partial charge in [-0.15, -0.1) is 0 Å². The Morgan fingerprint density at radius 3 is 2.50 bits per heavy atom. The van der Waals surface area contributed by atoms with Crippen LogP contribution in [0.1, 0.15) is 34.1 Å². The van der Waals surface area contributed by atoms with E-state index < -0.39 is 0 Å². The van der Waals surface area contributed by atoms with Crippen LogP contribution in [0.2, 0.25) is 0 Å². The van der Waals surface area contributed by atoms with Crippen LogP contribution in [0.15, 0.2) is 82.8 Å². The maximum absolute atomic E-state index is 13.1. The van der Waals surface area contributed by atoms with Gasteiger partial charge in [0.2, 0.25) is 0 Å². The van der Waals surface area contributed by atoms with Crippen molar-refractivity contribution < 1.29 is 4.79 Å². The average Bonchev–Trinajstić information content (AvgIpc) is 3.14. The average molecular weight is 407 g/mol. The highest BCUT2D eigenvalue weighted by Gasteiger charge is 2.34. The van der Waals surface area contributed by atoms with E-state index in [2.05, 4.69) is 31.0 Å². The first kappa shape index (κ1) is 16.6. The minimum absolute atomic E-state index is 0.154. The predicted molar refractivity (Wildman–Crippen MR) is 103 cm³/mol. The molecular formula is C20H15BrN4O. The molecule has 0 saturated heterocycles. The minimum Gasteiger partial charge on any atom is -0.267 e. The fourth-order valence-corrected chi connectivity index (χ4v) is 3.55. The number of carbonyl (C=O) groups is 1. The molecule has 1 aromatic carbocycles. The van der Waals surface area contributed by atoms with Crippen LogP contribution in [0, 0.1) is 0 Å². The van der Waals surface area contributed by atoms with Crippen LogP contribution >= 0.6 is 15.9 Å². The van der Waals surface area contributed by atoms with E-state index in [1.807, 2.05) is 42.5 Å². The zero-order chi connectivity index (χ0) is 17.9. The van der Waals surface area contributed by atoms with Crippen LogP contribution in [0.3, 0.4) is 0 Å². The molecule has 1 aliphatic heterocycles. The van der Waals surface area contributed by atoms with Crippen LogP contribution in [0.4, 0.5) is 0 Å². The lowest BCUT2D eigenvalue weighted by Crippen LogP contribution is -2.27. The molecule has 0 aliphatic carbocycles. The van der Waals surface area contributed by atoms with Crippen molar-refractivity contribution in [2.75, 3.05) is 0 Å². The largest absolute Gasteiger partial charge is 0.274 e. The zero-order valence-electron chi connectivity index (χ0n) is 13.8. The highest BCUT2D eigenvalue weighted by atomic mass is 79.9. The van der Waals surface area contributed by atoms with Gasteiger partial charge >= 0.3 is 0 Å². The second-order valence-corrected chi connectivity index (χ2v) is 6.74. The number of amides is 1. The van der Waals surface area contributed by atoms with Crippen LogP contribution in [-0.2, 0) is 0 Å². The third kappa shape index (κ3) is 3.15. The quantitative estimate of drug-likeness (QED) is 0.653. The van der Waals surface area contributed by atoms with Gasteiger partial charge in [-0.1, -0.05) is 40.2 Å². The number of halogens is 1. The molecule has 0 saturated carbocycles. The van der Waals surface area contributed by atoms with Crippen LogP contribution in [0.5, 0.6) is 0 Å². The number of hydrogen-bond acceptors (Lipinski definition) is 4. The standard InChI is InChI=1S/C20H15BrN4O/c21-16-6-2-1-5-15(16)19-13-18(17-7-3-4-10-23-17)24-25(19)20(26)14-8-11-22-12-9-14/h1-12,19H,13H2. The summed E-state index contributed by atoms with van der Waals surface area (Å²) in [6, 6.07) is 16.8. The zero-order valence-corrected chi connectivity index (χ0v) is 15.4. The first-order valence-electron chi connectivity index (χ1n) is 8.21. The van der Waals surface area contributed by atoms with Crippen LogP contribution in [0.25, 0.3) is 0 Å². The summed E-state index contributed by atoms with van der Waals surface area (Å²) in [7, 11) is 0. The van der Waals surface area contributed by atoms with Gasteiger partial charge in [0.1, 0.15) is 0 Å². The molecule has 1 atom stereocenters. The molecule has 0 radical (unpaired) electrons. The summed E-state index contributed by atoms with van der Waals surface area (Å²) < 4.78 is 0.954. The SMILES string of the molecule is O=C(c1ccncc1)N1N=C(c2ccccn2)CC1c1ccccc1Br. The second kappa shape index (κ2) is 7.17. The lowest BCUT2D eigenvalue weighted by Gasteiger charge is -2.23. The molecule has 6 heteroatoms. The van der Waals surface area contributed by atoms with Crippen molar-refractivity contribution in [2.24, 2.45) is 5.10 Å². The van der Waals surface area contributed by atoms with E-state index in [1.54, 1.807) is 35.7 Å². The van der Waals surface area contributed by atoms with Gasteiger partial charge < -0.3 is 0 Å². The fourth-order valence-electron chi connectivity index (χ4n) is 3.00. The second-order valence-electron chi connectivity index (χ2n) is 5.89. The van der Waals surface area contributed by atoms with Crippen molar-refractivity contribution in [3.05, 3.63) is 94.5 Å². The molecule has 128 valence electrons. The lowest BCUT2D eigenvalue weighted by atomic mass is 10.00. The Balaban J connectivity index is 1.76. The summed E-state index contributed by atoms with van der Waals surface area (Å²) >= 11 is 3.60. The Bertz CT molecular complexity index is 960. The molecular weight excluding hydrogens is 392 g/mol. The Hall–Kier alpha value is -2.86. The summed E-state index contributed by atoms with van der Waals surface area (Å²) in [4.78, 5) is 21.4. The predicted octanol–water partition coefficient (Wildman–Crippen LogP) is 4.23. The molecule has 0 spiro atoms. The van der Waals surface area contributed by atoms with Gasteiger partial charge in [-0.05, 0) is 35.9 Å². The van der Waals surface area contributed by atoms with E-state index in [9.17, 15) is 4.79 Å². The molecule has 0 bridgehead atoms. The van der Waals surface area contributed by atoms with Gasteiger partial charge in [0.05, 0.1) is 17.4 Å². The molecule has 1 unspecified atom stereocenters. The van der Waals surface area contributed by atoms with Crippen LogP contribution in [-0.4, -0.2) is 26.6 Å². The highest BCUT2D eigenvalue weighted by molar-refractivity contribution is 9.10. The Kier molecular flexibility index (Phi) is 4.58. The topological polar surface area (TPSA) is 58.5 Å². The van der Waals surface area contributed by atoms with E-state index in [-0.39, 0.29) is 11.9 Å². The molecule has 4 rings (SSSR count). The number of aromatic nitrogens is 2. The van der Waals surface area contributed by atoms with Gasteiger partial charge in [-0.25, -0.2) is 5.01 Å². The van der Waals surface area contributed by atoms with E-state index in [0.717, 1.165) is 21.4 Å². The molecule has 0 fully saturated rings. The third-order valence-corrected chi connectivity index (χ3v) is 4.99. The normalized spacial score (nSPS) is 16.4. The number of rotatable bonds is 3. The number of hydrogen-bond donors (Lipinski definition) is 0. The summed E-state index contributed by atoms with van der Waals surface area (Å²) in [5.41, 5.74) is 3.16. The molecule has 1 amide bonds. The molecule has 3 heterocycles. The van der Waals surface area contributed by atoms with Crippen molar-refractivity contribution >= 4 is 27.5 Å². The monoisotopic (exact) mass is 406 g/mol. The maximum Gasteiger partial charge on any atom is 0.274 e. The highest BCUT2D eigenvalue weighted by Crippen LogP contribution is 2.36. The molecule has 3 aromatic rings.